The topological polar surface area (TPSA) is 92.7 Å². The Labute approximate surface area is 286 Å². The maximum Gasteiger partial charge on any atom is 0.124 e. The van der Waals surface area contributed by atoms with Gasteiger partial charge in [-0.15, -0.1) is 11.4 Å². The van der Waals surface area contributed by atoms with Crippen LogP contribution in [-0.2, 0) is 42.1 Å². The number of benzene rings is 2. The molecule has 0 bridgehead atoms. The molecular formula is C32H28N10Pt2-6. The standard InChI is InChI=1S/2C13H11N3.2C3H3N2.2Pt/c2*1-15-10-16(11-6-3-2-4-7-11)13-12(15)8-5-9-14-13;2*1-2-4-5-3-1;;/h2*2-6,8-10H,1H3;2*1-3H;;/q2*-2;2*-1;;. The summed E-state index contributed by atoms with van der Waals surface area (Å²) in [6.07, 6.45) is 10.2. The number of rotatable bonds is 2. The van der Waals surface area contributed by atoms with Crippen molar-refractivity contribution in [1.82, 2.24) is 30.4 Å². The SMILES string of the molecule is CN1[CH-]N(c2[c-]cccc2)c2ncccc21.CN1[CH-]N(c2[c-]cccc2)c2ncccc21.[Pt].[Pt].c1cn[n-]c1.c1cn[n-]c1. The van der Waals surface area contributed by atoms with E-state index in [1.165, 1.54) is 0 Å². The van der Waals surface area contributed by atoms with Gasteiger partial charge in [0.1, 0.15) is 11.6 Å². The molecule has 2 aliphatic rings. The minimum atomic E-state index is 0. The summed E-state index contributed by atoms with van der Waals surface area (Å²) in [6.45, 7) is 4.03. The molecule has 4 aromatic heterocycles. The number of nitrogens with zero attached hydrogens (tertiary/aromatic N) is 10. The number of pyridine rings is 2. The van der Waals surface area contributed by atoms with Crippen molar-refractivity contribution in [3.8, 4) is 0 Å². The van der Waals surface area contributed by atoms with Crippen LogP contribution in [-0.4, -0.2) is 34.3 Å². The fourth-order valence-electron chi connectivity index (χ4n) is 4.08. The fourth-order valence-corrected chi connectivity index (χ4v) is 4.08. The third-order valence-corrected chi connectivity index (χ3v) is 5.97. The number of anilines is 6. The Hall–Kier alpha value is -4.26. The Balaban J connectivity index is 0.000000177. The van der Waals surface area contributed by atoms with Gasteiger partial charge in [-0.3, -0.25) is 0 Å². The van der Waals surface area contributed by atoms with Crippen LogP contribution in [0.3, 0.4) is 0 Å². The van der Waals surface area contributed by atoms with Gasteiger partial charge < -0.3 is 40.0 Å². The van der Waals surface area contributed by atoms with Crippen LogP contribution in [0.1, 0.15) is 0 Å². The zero-order chi connectivity index (χ0) is 29.0. The summed E-state index contributed by atoms with van der Waals surface area (Å²) in [6, 6.07) is 33.7. The Morgan fingerprint density at radius 1 is 0.568 bits per heavy atom. The van der Waals surface area contributed by atoms with E-state index in [9.17, 15) is 0 Å². The van der Waals surface area contributed by atoms with Gasteiger partial charge >= 0.3 is 0 Å². The quantitative estimate of drug-likeness (QED) is 0.215. The first-order chi connectivity index (χ1) is 20.7. The molecule has 0 saturated heterocycles. The van der Waals surface area contributed by atoms with E-state index in [2.05, 4.69) is 64.4 Å². The maximum absolute atomic E-state index is 4.40. The van der Waals surface area contributed by atoms with E-state index in [0.29, 0.717) is 0 Å². The predicted octanol–water partition coefficient (Wildman–Crippen LogP) is 5.25. The van der Waals surface area contributed by atoms with Crippen LogP contribution in [0.25, 0.3) is 0 Å². The molecular weight excluding hydrogens is 915 g/mol. The van der Waals surface area contributed by atoms with Crippen LogP contribution in [0.5, 0.6) is 0 Å². The molecule has 0 aliphatic carbocycles. The van der Waals surface area contributed by atoms with Gasteiger partial charge in [-0.05, 0) is 38.4 Å². The van der Waals surface area contributed by atoms with Crippen molar-refractivity contribution in [2.45, 2.75) is 0 Å². The molecule has 8 rings (SSSR count). The van der Waals surface area contributed by atoms with Gasteiger partial charge in [0, 0.05) is 78.3 Å². The van der Waals surface area contributed by atoms with E-state index >= 15 is 0 Å². The number of fused-ring (bicyclic) bond motifs is 2. The minimum Gasteiger partial charge on any atom is -0.582 e. The van der Waals surface area contributed by atoms with Gasteiger partial charge in [0.05, 0.1) is 0 Å². The molecule has 10 nitrogen and oxygen atoms in total. The van der Waals surface area contributed by atoms with E-state index in [-0.39, 0.29) is 42.1 Å². The summed E-state index contributed by atoms with van der Waals surface area (Å²) >= 11 is 0. The molecule has 0 spiro atoms. The van der Waals surface area contributed by atoms with E-state index in [1.54, 1.807) is 36.9 Å². The normalized spacial score (nSPS) is 12.0. The van der Waals surface area contributed by atoms with Crippen molar-refractivity contribution in [3.05, 3.63) is 148 Å². The Morgan fingerprint density at radius 3 is 1.34 bits per heavy atom. The van der Waals surface area contributed by atoms with E-state index in [0.717, 1.165) is 34.4 Å². The maximum atomic E-state index is 4.40. The second kappa shape index (κ2) is 17.8. The molecule has 232 valence electrons. The largest absolute Gasteiger partial charge is 0.582 e. The van der Waals surface area contributed by atoms with Crippen molar-refractivity contribution in [2.75, 3.05) is 33.7 Å². The molecule has 6 heterocycles. The van der Waals surface area contributed by atoms with Gasteiger partial charge in [-0.2, -0.15) is 86.4 Å². The molecule has 0 unspecified atom stereocenters. The molecule has 0 atom stereocenters. The van der Waals surface area contributed by atoms with Crippen LogP contribution in [0.15, 0.2) is 122 Å². The molecule has 0 fully saturated rings. The molecule has 2 aromatic carbocycles. The Kier molecular flexibility index (Phi) is 13.8. The van der Waals surface area contributed by atoms with E-state index in [1.807, 2.05) is 110 Å². The zero-order valence-corrected chi connectivity index (χ0v) is 28.4. The Morgan fingerprint density at radius 2 is 1.02 bits per heavy atom. The number of aromatic nitrogens is 6. The average molecular weight is 943 g/mol. The molecule has 0 saturated carbocycles. The summed E-state index contributed by atoms with van der Waals surface area (Å²) < 4.78 is 0. The molecule has 12 heteroatoms. The van der Waals surface area contributed by atoms with Crippen LogP contribution in [0, 0.1) is 25.5 Å². The summed E-state index contributed by atoms with van der Waals surface area (Å²) in [5.74, 6) is 1.90. The summed E-state index contributed by atoms with van der Waals surface area (Å²) in [5.41, 5.74) is 4.23. The zero-order valence-electron chi connectivity index (χ0n) is 23.8. The van der Waals surface area contributed by atoms with Gasteiger partial charge in [0.2, 0.25) is 0 Å². The van der Waals surface area contributed by atoms with Gasteiger partial charge in [-0.25, -0.2) is 9.97 Å². The van der Waals surface area contributed by atoms with Crippen LogP contribution < -0.4 is 29.8 Å². The first-order valence-corrected chi connectivity index (χ1v) is 13.1. The van der Waals surface area contributed by atoms with Crippen molar-refractivity contribution in [2.24, 2.45) is 0 Å². The monoisotopic (exact) mass is 942 g/mol. The van der Waals surface area contributed by atoms with Crippen LogP contribution in [0.4, 0.5) is 34.4 Å². The average Bonchev–Trinajstić information content (AvgIpc) is 3.89. The molecule has 0 radical (unpaired) electrons. The number of hydrogen-bond acceptors (Lipinski definition) is 8. The molecule has 0 N–H and O–H groups in total. The molecule has 0 amide bonds. The second-order valence-electron chi connectivity index (χ2n) is 8.82. The third-order valence-electron chi connectivity index (χ3n) is 5.97. The van der Waals surface area contributed by atoms with Gasteiger partial charge in [0.25, 0.3) is 0 Å². The van der Waals surface area contributed by atoms with Crippen molar-refractivity contribution >= 4 is 34.4 Å². The van der Waals surface area contributed by atoms with Gasteiger partial charge in [-0.1, -0.05) is 12.1 Å². The van der Waals surface area contributed by atoms with E-state index in [4.69, 9.17) is 0 Å². The van der Waals surface area contributed by atoms with Crippen molar-refractivity contribution in [1.29, 1.82) is 0 Å². The molecule has 6 aromatic rings. The van der Waals surface area contributed by atoms with Crippen molar-refractivity contribution < 1.29 is 42.1 Å². The summed E-state index contributed by atoms with van der Waals surface area (Å²) in [5, 5.41) is 13.9. The number of para-hydroxylation sites is 2. The first kappa shape index (κ1) is 34.2. The van der Waals surface area contributed by atoms with Crippen LogP contribution in [0.2, 0.25) is 0 Å². The summed E-state index contributed by atoms with van der Waals surface area (Å²) in [7, 11) is 4.03. The van der Waals surface area contributed by atoms with Crippen LogP contribution >= 0.6 is 0 Å². The molecule has 44 heavy (non-hydrogen) atoms. The minimum absolute atomic E-state index is 0. The molecule has 2 aliphatic heterocycles. The van der Waals surface area contributed by atoms with Crippen molar-refractivity contribution in [3.63, 3.8) is 0 Å². The van der Waals surface area contributed by atoms with E-state index < -0.39 is 0 Å². The number of hydrogen-bond donors (Lipinski definition) is 0. The third kappa shape index (κ3) is 8.88. The smallest absolute Gasteiger partial charge is 0.124 e. The Bertz CT molecular complexity index is 1430. The first-order valence-electron chi connectivity index (χ1n) is 13.1. The fraction of sp³-hybridized carbons (Fsp3) is 0.0625. The summed E-state index contributed by atoms with van der Waals surface area (Å²) in [4.78, 5) is 17.0. The predicted molar refractivity (Wildman–Crippen MR) is 164 cm³/mol. The second-order valence-corrected chi connectivity index (χ2v) is 8.82. The van der Waals surface area contributed by atoms with Gasteiger partial charge in [0.15, 0.2) is 0 Å².